The van der Waals surface area contributed by atoms with Gasteiger partial charge in [-0.25, -0.2) is 8.42 Å². The zero-order chi connectivity index (χ0) is 17.2. The molecular formula is C17H24N2O4S. The summed E-state index contributed by atoms with van der Waals surface area (Å²) in [6.45, 7) is 2.67. The molecule has 0 radical (unpaired) electrons. The van der Waals surface area contributed by atoms with Crippen molar-refractivity contribution in [2.24, 2.45) is 0 Å². The number of hydrogen-bond acceptors (Lipinski definition) is 5. The third-order valence-electron chi connectivity index (χ3n) is 5.16. The van der Waals surface area contributed by atoms with Crippen molar-refractivity contribution < 1.29 is 17.9 Å². The number of rotatable bonds is 4. The van der Waals surface area contributed by atoms with Gasteiger partial charge < -0.3 is 10.1 Å². The molecule has 1 saturated heterocycles. The molecule has 1 N–H and O–H groups in total. The number of benzene rings is 1. The van der Waals surface area contributed by atoms with E-state index in [0.29, 0.717) is 13.1 Å². The van der Waals surface area contributed by atoms with Gasteiger partial charge in [0, 0.05) is 18.5 Å². The van der Waals surface area contributed by atoms with Gasteiger partial charge in [-0.2, -0.15) is 4.31 Å². The third-order valence-corrected chi connectivity index (χ3v) is 6.93. The van der Waals surface area contributed by atoms with Crippen molar-refractivity contribution in [3.05, 3.63) is 35.4 Å². The molecule has 0 aliphatic carbocycles. The second-order valence-electron chi connectivity index (χ2n) is 6.60. The van der Waals surface area contributed by atoms with E-state index in [9.17, 15) is 13.2 Å². The minimum absolute atomic E-state index is 0.106. The van der Waals surface area contributed by atoms with Crippen molar-refractivity contribution in [2.75, 3.05) is 32.5 Å². The Morgan fingerprint density at radius 1 is 1.29 bits per heavy atom. The lowest BCUT2D eigenvalue weighted by Gasteiger charge is -2.46. The predicted molar refractivity (Wildman–Crippen MR) is 91.1 cm³/mol. The first-order valence-electron chi connectivity index (χ1n) is 8.31. The Labute approximate surface area is 143 Å². The van der Waals surface area contributed by atoms with Gasteiger partial charge in [0.25, 0.3) is 0 Å². The molecule has 1 aromatic rings. The number of piperidine rings is 1. The molecule has 3 rings (SSSR count). The van der Waals surface area contributed by atoms with Crippen LogP contribution >= 0.6 is 0 Å². The number of carbonyl (C=O) groups is 1. The summed E-state index contributed by atoms with van der Waals surface area (Å²) in [5.41, 5.74) is 2.23. The van der Waals surface area contributed by atoms with Crippen molar-refractivity contribution in [3.63, 3.8) is 0 Å². The molecule has 6 nitrogen and oxygen atoms in total. The van der Waals surface area contributed by atoms with Crippen molar-refractivity contribution in [2.45, 2.75) is 31.2 Å². The summed E-state index contributed by atoms with van der Waals surface area (Å²) < 4.78 is 31.6. The van der Waals surface area contributed by atoms with E-state index in [1.165, 1.54) is 12.7 Å². The maximum absolute atomic E-state index is 12.7. The van der Waals surface area contributed by atoms with Crippen LogP contribution in [0.2, 0.25) is 0 Å². The monoisotopic (exact) mass is 352 g/mol. The van der Waals surface area contributed by atoms with E-state index >= 15 is 0 Å². The van der Waals surface area contributed by atoms with Crippen molar-refractivity contribution >= 4 is 16.0 Å². The van der Waals surface area contributed by atoms with Gasteiger partial charge in [-0.3, -0.25) is 4.79 Å². The van der Waals surface area contributed by atoms with E-state index in [2.05, 4.69) is 16.1 Å². The third kappa shape index (κ3) is 3.34. The molecule has 2 heterocycles. The van der Waals surface area contributed by atoms with Crippen LogP contribution in [0, 0.1) is 0 Å². The maximum Gasteiger partial charge on any atom is 0.306 e. The molecular weight excluding hydrogens is 328 g/mol. The minimum atomic E-state index is -3.49. The average molecular weight is 352 g/mol. The number of hydrogen-bond donors (Lipinski definition) is 1. The fourth-order valence-corrected chi connectivity index (χ4v) is 5.28. The van der Waals surface area contributed by atoms with Gasteiger partial charge in [0.15, 0.2) is 0 Å². The van der Waals surface area contributed by atoms with E-state index in [4.69, 9.17) is 0 Å². The highest BCUT2D eigenvalue weighted by molar-refractivity contribution is 7.89. The Kier molecular flexibility index (Phi) is 4.94. The fraction of sp³-hybridized carbons (Fsp3) is 0.588. The van der Waals surface area contributed by atoms with Crippen LogP contribution in [0.3, 0.4) is 0 Å². The second kappa shape index (κ2) is 6.82. The highest BCUT2D eigenvalue weighted by Gasteiger charge is 2.43. The standard InChI is InChI=1S/C17H24N2O4S/c1-23-16(20)6-11-24(21,22)19-12-14-4-2-3-5-15(14)17(13-19)7-9-18-10-8-17/h2-5,18H,6-13H2,1H3. The molecule has 1 aromatic carbocycles. The summed E-state index contributed by atoms with van der Waals surface area (Å²) in [5.74, 6) is -0.691. The predicted octanol–water partition coefficient (Wildman–Crippen LogP) is 1.02. The summed E-state index contributed by atoms with van der Waals surface area (Å²) in [6, 6.07) is 8.14. The average Bonchev–Trinajstić information content (AvgIpc) is 2.60. The van der Waals surface area contributed by atoms with E-state index in [1.807, 2.05) is 18.2 Å². The highest BCUT2D eigenvalue weighted by Crippen LogP contribution is 2.41. The first kappa shape index (κ1) is 17.4. The number of ether oxygens (including phenoxy) is 1. The summed E-state index contributed by atoms with van der Waals surface area (Å²) in [5, 5.41) is 3.36. The molecule has 0 bridgehead atoms. The summed E-state index contributed by atoms with van der Waals surface area (Å²) in [4.78, 5) is 11.3. The van der Waals surface area contributed by atoms with Gasteiger partial charge >= 0.3 is 5.97 Å². The van der Waals surface area contributed by atoms with Crippen molar-refractivity contribution in [1.82, 2.24) is 9.62 Å². The van der Waals surface area contributed by atoms with Crippen molar-refractivity contribution in [1.29, 1.82) is 0 Å². The number of esters is 1. The number of sulfonamides is 1. The van der Waals surface area contributed by atoms with Crippen LogP contribution in [0.5, 0.6) is 0 Å². The molecule has 132 valence electrons. The van der Waals surface area contributed by atoms with Crippen molar-refractivity contribution in [3.8, 4) is 0 Å². The lowest BCUT2D eigenvalue weighted by atomic mass is 9.70. The summed E-state index contributed by atoms with van der Waals surface area (Å²) in [6.07, 6.45) is 1.74. The Bertz CT molecular complexity index is 711. The van der Waals surface area contributed by atoms with Gasteiger partial charge in [-0.05, 0) is 37.1 Å². The normalized spacial score (nSPS) is 20.5. The Morgan fingerprint density at radius 2 is 2.00 bits per heavy atom. The summed E-state index contributed by atoms with van der Waals surface area (Å²) >= 11 is 0. The molecule has 7 heteroatoms. The zero-order valence-electron chi connectivity index (χ0n) is 14.0. The first-order valence-corrected chi connectivity index (χ1v) is 9.91. The Morgan fingerprint density at radius 3 is 2.71 bits per heavy atom. The second-order valence-corrected chi connectivity index (χ2v) is 8.69. The first-order chi connectivity index (χ1) is 11.5. The van der Waals surface area contributed by atoms with Gasteiger partial charge in [-0.15, -0.1) is 0 Å². The number of carbonyl (C=O) groups excluding carboxylic acids is 1. The van der Waals surface area contributed by atoms with Crippen LogP contribution in [0.25, 0.3) is 0 Å². The maximum atomic E-state index is 12.7. The van der Waals surface area contributed by atoms with E-state index in [0.717, 1.165) is 31.5 Å². The van der Waals surface area contributed by atoms with Gasteiger partial charge in [0.05, 0.1) is 19.3 Å². The molecule has 0 unspecified atom stereocenters. The topological polar surface area (TPSA) is 75.7 Å². The quantitative estimate of drug-likeness (QED) is 0.819. The summed E-state index contributed by atoms with van der Waals surface area (Å²) in [7, 11) is -2.22. The van der Waals surface area contributed by atoms with Gasteiger partial charge in [0.2, 0.25) is 10.0 Å². The smallest absolute Gasteiger partial charge is 0.306 e. The molecule has 0 atom stereocenters. The molecule has 1 spiro atoms. The SMILES string of the molecule is COC(=O)CCS(=O)(=O)N1Cc2ccccc2C2(CCNCC2)C1. The molecule has 1 fully saturated rings. The molecule has 2 aliphatic heterocycles. The fourth-order valence-electron chi connectivity index (χ4n) is 3.82. The van der Waals surface area contributed by atoms with Gasteiger partial charge in [0.1, 0.15) is 0 Å². The van der Waals surface area contributed by atoms with Crippen LogP contribution in [-0.4, -0.2) is 51.2 Å². The number of nitrogens with one attached hydrogen (secondary N) is 1. The van der Waals surface area contributed by atoms with Crippen LogP contribution in [0.4, 0.5) is 0 Å². The number of nitrogens with zero attached hydrogens (tertiary/aromatic N) is 1. The molecule has 0 saturated carbocycles. The molecule has 0 amide bonds. The van der Waals surface area contributed by atoms with Gasteiger partial charge in [-0.1, -0.05) is 24.3 Å². The molecule has 0 aromatic heterocycles. The van der Waals surface area contributed by atoms with Crippen LogP contribution < -0.4 is 5.32 Å². The molecule has 2 aliphatic rings. The molecule has 24 heavy (non-hydrogen) atoms. The van der Waals surface area contributed by atoms with E-state index in [-0.39, 0.29) is 17.6 Å². The largest absolute Gasteiger partial charge is 0.469 e. The van der Waals surface area contributed by atoms with Crippen LogP contribution in [0.15, 0.2) is 24.3 Å². The Hall–Kier alpha value is -1.44. The van der Waals surface area contributed by atoms with Crippen LogP contribution in [-0.2, 0) is 31.5 Å². The van der Waals surface area contributed by atoms with E-state index < -0.39 is 16.0 Å². The Balaban J connectivity index is 1.88. The minimum Gasteiger partial charge on any atom is -0.469 e. The lowest BCUT2D eigenvalue weighted by Crippen LogP contribution is -2.52. The number of methoxy groups -OCH3 is 1. The zero-order valence-corrected chi connectivity index (χ0v) is 14.8. The number of fused-ring (bicyclic) bond motifs is 2. The van der Waals surface area contributed by atoms with E-state index in [1.54, 1.807) is 4.31 Å². The van der Waals surface area contributed by atoms with Crippen LogP contribution in [0.1, 0.15) is 30.4 Å². The highest BCUT2D eigenvalue weighted by atomic mass is 32.2. The lowest BCUT2D eigenvalue weighted by molar-refractivity contribution is -0.140.